The van der Waals surface area contributed by atoms with Crippen LogP contribution in [-0.4, -0.2) is 54.9 Å². The number of aliphatic hydroxyl groups excluding tert-OH is 1. The van der Waals surface area contributed by atoms with Gasteiger partial charge in [0, 0.05) is 26.2 Å². The van der Waals surface area contributed by atoms with Crippen LogP contribution in [0.4, 0.5) is 0 Å². The maximum atomic E-state index is 10.5. The van der Waals surface area contributed by atoms with Crippen LogP contribution in [0.3, 0.4) is 0 Å². The summed E-state index contributed by atoms with van der Waals surface area (Å²) in [6.07, 6.45) is 7.38. The fourth-order valence-corrected chi connectivity index (χ4v) is 4.18. The first-order chi connectivity index (χ1) is 13.7. The predicted octanol–water partition coefficient (Wildman–Crippen LogP) is 3.67. The maximum Gasteiger partial charge on any atom is 0.194 e. The first kappa shape index (κ1) is 21.1. The van der Waals surface area contributed by atoms with Crippen LogP contribution in [0.1, 0.15) is 62.7 Å². The Morgan fingerprint density at radius 3 is 2.50 bits per heavy atom. The second-order valence-corrected chi connectivity index (χ2v) is 8.29. The lowest BCUT2D eigenvalue weighted by Gasteiger charge is -2.34. The van der Waals surface area contributed by atoms with Crippen LogP contribution in [0.15, 0.2) is 29.3 Å². The van der Waals surface area contributed by atoms with E-state index in [1.165, 1.54) is 31.2 Å². The number of aliphatic imine (C=N–C) groups is 1. The quantitative estimate of drug-likeness (QED) is 0.554. The number of likely N-dealkylation sites (tertiary alicyclic amines) is 1. The van der Waals surface area contributed by atoms with Gasteiger partial charge in [-0.1, -0.05) is 42.7 Å². The number of rotatable bonds is 7. The van der Waals surface area contributed by atoms with Crippen molar-refractivity contribution in [1.29, 1.82) is 0 Å². The van der Waals surface area contributed by atoms with Crippen molar-refractivity contribution in [3.63, 3.8) is 0 Å². The summed E-state index contributed by atoms with van der Waals surface area (Å²) in [4.78, 5) is 7.02. The molecule has 1 aromatic carbocycles. The molecule has 2 N–H and O–H groups in total. The van der Waals surface area contributed by atoms with Crippen LogP contribution in [-0.2, 0) is 4.74 Å². The van der Waals surface area contributed by atoms with Gasteiger partial charge in [-0.05, 0) is 51.0 Å². The van der Waals surface area contributed by atoms with Gasteiger partial charge in [0.25, 0.3) is 0 Å². The highest BCUT2D eigenvalue weighted by molar-refractivity contribution is 5.80. The molecular formula is C23H37N3O2. The minimum absolute atomic E-state index is 0.378. The fourth-order valence-electron chi connectivity index (χ4n) is 4.18. The second kappa shape index (κ2) is 10.8. The molecule has 1 aromatic rings. The molecule has 0 aromatic heterocycles. The Morgan fingerprint density at radius 1 is 1.18 bits per heavy atom. The highest BCUT2D eigenvalue weighted by Gasteiger charge is 2.24. The number of hydrogen-bond acceptors (Lipinski definition) is 3. The van der Waals surface area contributed by atoms with Crippen LogP contribution in [0.25, 0.3) is 0 Å². The summed E-state index contributed by atoms with van der Waals surface area (Å²) in [5.41, 5.74) is 2.12. The van der Waals surface area contributed by atoms with Crippen LogP contribution in [0.2, 0.25) is 0 Å². The number of guanidine groups is 1. The van der Waals surface area contributed by atoms with Gasteiger partial charge >= 0.3 is 0 Å². The first-order valence-corrected chi connectivity index (χ1v) is 11.0. The van der Waals surface area contributed by atoms with Crippen molar-refractivity contribution in [2.24, 2.45) is 10.9 Å². The Hall–Kier alpha value is -1.59. The number of nitrogens with zero attached hydrogens (tertiary/aromatic N) is 2. The zero-order chi connectivity index (χ0) is 19.8. The number of ether oxygens (including phenoxy) is 1. The topological polar surface area (TPSA) is 57.1 Å². The van der Waals surface area contributed by atoms with Crippen LogP contribution in [0.5, 0.6) is 0 Å². The van der Waals surface area contributed by atoms with E-state index in [1.54, 1.807) is 0 Å². The smallest absolute Gasteiger partial charge is 0.194 e. The van der Waals surface area contributed by atoms with Gasteiger partial charge < -0.3 is 20.1 Å². The summed E-state index contributed by atoms with van der Waals surface area (Å²) >= 11 is 0. The molecule has 156 valence electrons. The van der Waals surface area contributed by atoms with Crippen molar-refractivity contribution in [2.45, 2.75) is 64.6 Å². The van der Waals surface area contributed by atoms with E-state index in [0.717, 1.165) is 56.5 Å². The average molecular weight is 388 g/mol. The monoisotopic (exact) mass is 387 g/mol. The normalized spacial score (nSPS) is 20.5. The molecule has 0 radical (unpaired) electrons. The highest BCUT2D eigenvalue weighted by atomic mass is 16.5. The summed E-state index contributed by atoms with van der Waals surface area (Å²) in [6.45, 7) is 8.22. The largest absolute Gasteiger partial charge is 0.386 e. The SMILES string of the molecule is CCNC(=NCC(O)c1ccc(C)cc1)N1CCC(OCC2CCCC2)CC1. The molecule has 3 rings (SSSR count). The summed E-state index contributed by atoms with van der Waals surface area (Å²) in [5.74, 6) is 1.70. The summed E-state index contributed by atoms with van der Waals surface area (Å²) < 4.78 is 6.19. The third-order valence-corrected chi connectivity index (χ3v) is 5.99. The fraction of sp³-hybridized carbons (Fsp3) is 0.696. The highest BCUT2D eigenvalue weighted by Crippen LogP contribution is 2.26. The summed E-state index contributed by atoms with van der Waals surface area (Å²) in [5, 5.41) is 13.9. The summed E-state index contributed by atoms with van der Waals surface area (Å²) in [7, 11) is 0. The Kier molecular flexibility index (Phi) is 8.16. The van der Waals surface area contributed by atoms with Crippen molar-refractivity contribution in [3.05, 3.63) is 35.4 Å². The molecule has 0 bridgehead atoms. The van der Waals surface area contributed by atoms with Crippen molar-refractivity contribution in [1.82, 2.24) is 10.2 Å². The lowest BCUT2D eigenvalue weighted by atomic mass is 10.1. The minimum Gasteiger partial charge on any atom is -0.386 e. The second-order valence-electron chi connectivity index (χ2n) is 8.29. The maximum absolute atomic E-state index is 10.5. The minimum atomic E-state index is -0.568. The van der Waals surface area contributed by atoms with Gasteiger partial charge in [-0.2, -0.15) is 0 Å². The Morgan fingerprint density at radius 2 is 1.86 bits per heavy atom. The van der Waals surface area contributed by atoms with Crippen molar-refractivity contribution >= 4 is 5.96 Å². The van der Waals surface area contributed by atoms with E-state index in [2.05, 4.69) is 24.1 Å². The van der Waals surface area contributed by atoms with E-state index in [4.69, 9.17) is 9.73 Å². The predicted molar refractivity (Wildman–Crippen MR) is 115 cm³/mol. The zero-order valence-corrected chi connectivity index (χ0v) is 17.6. The molecule has 1 saturated heterocycles. The number of piperidine rings is 1. The molecule has 1 saturated carbocycles. The van der Waals surface area contributed by atoms with E-state index in [1.807, 2.05) is 24.3 Å². The molecule has 1 aliphatic heterocycles. The van der Waals surface area contributed by atoms with E-state index in [-0.39, 0.29) is 0 Å². The molecule has 1 heterocycles. The molecular weight excluding hydrogens is 350 g/mol. The third kappa shape index (κ3) is 6.21. The number of benzene rings is 1. The average Bonchev–Trinajstić information content (AvgIpc) is 3.24. The number of aryl methyl sites for hydroxylation is 1. The van der Waals surface area contributed by atoms with E-state index >= 15 is 0 Å². The molecule has 0 spiro atoms. The number of aliphatic hydroxyl groups is 1. The van der Waals surface area contributed by atoms with Crippen molar-refractivity contribution in [3.8, 4) is 0 Å². The van der Waals surface area contributed by atoms with E-state index in [0.29, 0.717) is 12.6 Å². The van der Waals surface area contributed by atoms with Gasteiger partial charge in [-0.3, -0.25) is 4.99 Å². The van der Waals surface area contributed by atoms with Gasteiger partial charge in [-0.25, -0.2) is 0 Å². The first-order valence-electron chi connectivity index (χ1n) is 11.0. The lowest BCUT2D eigenvalue weighted by Crippen LogP contribution is -2.47. The molecule has 28 heavy (non-hydrogen) atoms. The molecule has 1 atom stereocenters. The Bertz CT molecular complexity index is 603. The summed E-state index contributed by atoms with van der Waals surface area (Å²) in [6, 6.07) is 8.03. The van der Waals surface area contributed by atoms with Gasteiger partial charge in [0.1, 0.15) is 0 Å². The molecule has 2 aliphatic rings. The number of nitrogens with one attached hydrogen (secondary N) is 1. The molecule has 0 amide bonds. The van der Waals surface area contributed by atoms with Gasteiger partial charge in [0.2, 0.25) is 0 Å². The van der Waals surface area contributed by atoms with Crippen molar-refractivity contribution in [2.75, 3.05) is 32.8 Å². The molecule has 5 heteroatoms. The molecule has 1 aliphatic carbocycles. The lowest BCUT2D eigenvalue weighted by molar-refractivity contribution is 0.000979. The van der Waals surface area contributed by atoms with E-state index in [9.17, 15) is 5.11 Å². The van der Waals surface area contributed by atoms with Crippen LogP contribution < -0.4 is 5.32 Å². The number of hydrogen-bond donors (Lipinski definition) is 2. The van der Waals surface area contributed by atoms with Gasteiger partial charge in [0.15, 0.2) is 5.96 Å². The van der Waals surface area contributed by atoms with Crippen LogP contribution in [0, 0.1) is 12.8 Å². The standard InChI is InChI=1S/C23H37N3O2/c1-3-24-23(25-16-22(27)20-10-8-18(2)9-11-20)26-14-12-21(13-15-26)28-17-19-6-4-5-7-19/h8-11,19,21-22,27H,3-7,12-17H2,1-2H3,(H,24,25). The zero-order valence-electron chi connectivity index (χ0n) is 17.6. The Labute approximate surface area is 170 Å². The van der Waals surface area contributed by atoms with E-state index < -0.39 is 6.10 Å². The van der Waals surface area contributed by atoms with Crippen LogP contribution >= 0.6 is 0 Å². The van der Waals surface area contributed by atoms with Crippen molar-refractivity contribution < 1.29 is 9.84 Å². The Balaban J connectivity index is 1.47. The third-order valence-electron chi connectivity index (χ3n) is 5.99. The molecule has 5 nitrogen and oxygen atoms in total. The van der Waals surface area contributed by atoms with Gasteiger partial charge in [0.05, 0.1) is 18.8 Å². The van der Waals surface area contributed by atoms with Gasteiger partial charge in [-0.15, -0.1) is 0 Å². The molecule has 2 fully saturated rings. The molecule has 1 unspecified atom stereocenters.